The molecule has 120 valence electrons. The molecule has 2 aromatic heterocycles. The van der Waals surface area contributed by atoms with Gasteiger partial charge in [-0.15, -0.1) is 0 Å². The number of rotatable bonds is 3. The highest BCUT2D eigenvalue weighted by Gasteiger charge is 2.44. The number of fused-ring (bicyclic) bond motifs is 2. The lowest BCUT2D eigenvalue weighted by Crippen LogP contribution is -2.49. The van der Waals surface area contributed by atoms with Crippen LogP contribution in [0.2, 0.25) is 0 Å². The molecule has 6 heteroatoms. The summed E-state index contributed by atoms with van der Waals surface area (Å²) in [5.74, 6) is 1.29. The molecule has 23 heavy (non-hydrogen) atoms. The van der Waals surface area contributed by atoms with Gasteiger partial charge in [-0.25, -0.2) is 4.98 Å². The molecule has 2 aliphatic heterocycles. The summed E-state index contributed by atoms with van der Waals surface area (Å²) in [5, 5.41) is 3.87. The van der Waals surface area contributed by atoms with Gasteiger partial charge in [-0.05, 0) is 25.8 Å². The van der Waals surface area contributed by atoms with E-state index in [1.807, 2.05) is 23.1 Å². The number of piperidine rings is 1. The van der Waals surface area contributed by atoms with E-state index < -0.39 is 0 Å². The minimum absolute atomic E-state index is 0.0226. The SMILES string of the molecule is Cc1cc(C(=O)N2C3CCC2CC(Oc2ccccn2)C3)no1. The van der Waals surface area contributed by atoms with Crippen molar-refractivity contribution >= 4 is 5.91 Å². The van der Waals surface area contributed by atoms with Crippen molar-refractivity contribution in [3.63, 3.8) is 0 Å². The fraction of sp³-hybridized carbons (Fsp3) is 0.471. The minimum atomic E-state index is -0.0226. The number of amides is 1. The van der Waals surface area contributed by atoms with Crippen molar-refractivity contribution in [2.75, 3.05) is 0 Å². The van der Waals surface area contributed by atoms with Crippen LogP contribution in [-0.2, 0) is 0 Å². The van der Waals surface area contributed by atoms with Crippen molar-refractivity contribution in [1.29, 1.82) is 0 Å². The molecular formula is C17H19N3O3. The second kappa shape index (κ2) is 5.68. The van der Waals surface area contributed by atoms with Gasteiger partial charge < -0.3 is 14.2 Å². The van der Waals surface area contributed by atoms with Crippen LogP contribution < -0.4 is 4.74 Å². The molecule has 2 fully saturated rings. The summed E-state index contributed by atoms with van der Waals surface area (Å²) in [5.41, 5.74) is 0.406. The molecule has 2 saturated heterocycles. The first kappa shape index (κ1) is 14.2. The van der Waals surface area contributed by atoms with E-state index >= 15 is 0 Å². The van der Waals surface area contributed by atoms with Crippen LogP contribution in [0.4, 0.5) is 0 Å². The molecule has 6 nitrogen and oxygen atoms in total. The Kier molecular flexibility index (Phi) is 3.52. The molecule has 4 rings (SSSR count). The third-order valence-corrected chi connectivity index (χ3v) is 4.70. The van der Waals surface area contributed by atoms with Gasteiger partial charge in [0.25, 0.3) is 5.91 Å². The summed E-state index contributed by atoms with van der Waals surface area (Å²) in [7, 11) is 0. The zero-order valence-corrected chi connectivity index (χ0v) is 13.0. The fourth-order valence-corrected chi connectivity index (χ4v) is 3.74. The first-order valence-corrected chi connectivity index (χ1v) is 8.04. The average molecular weight is 313 g/mol. The quantitative estimate of drug-likeness (QED) is 0.871. The second-order valence-corrected chi connectivity index (χ2v) is 6.30. The lowest BCUT2D eigenvalue weighted by Gasteiger charge is -2.38. The Morgan fingerprint density at radius 3 is 2.70 bits per heavy atom. The molecule has 2 aromatic rings. The topological polar surface area (TPSA) is 68.5 Å². The maximum Gasteiger partial charge on any atom is 0.276 e. The van der Waals surface area contributed by atoms with Crippen LogP contribution >= 0.6 is 0 Å². The molecule has 0 spiro atoms. The van der Waals surface area contributed by atoms with Crippen LogP contribution in [0, 0.1) is 6.92 Å². The summed E-state index contributed by atoms with van der Waals surface area (Å²) in [6, 6.07) is 7.80. The monoisotopic (exact) mass is 313 g/mol. The lowest BCUT2D eigenvalue weighted by atomic mass is 9.99. The van der Waals surface area contributed by atoms with E-state index in [9.17, 15) is 4.79 Å². The highest BCUT2D eigenvalue weighted by atomic mass is 16.5. The Morgan fingerprint density at radius 2 is 2.09 bits per heavy atom. The number of ether oxygens (including phenoxy) is 1. The molecule has 0 aliphatic carbocycles. The van der Waals surface area contributed by atoms with Gasteiger partial charge in [0.2, 0.25) is 5.88 Å². The third kappa shape index (κ3) is 2.69. The molecule has 2 atom stereocenters. The van der Waals surface area contributed by atoms with E-state index in [-0.39, 0.29) is 24.1 Å². The summed E-state index contributed by atoms with van der Waals surface area (Å²) in [4.78, 5) is 18.9. The molecule has 4 heterocycles. The predicted octanol–water partition coefficient (Wildman–Crippen LogP) is 2.59. The maximum atomic E-state index is 12.7. The number of aryl methyl sites for hydroxylation is 1. The van der Waals surface area contributed by atoms with E-state index in [1.54, 1.807) is 19.2 Å². The summed E-state index contributed by atoms with van der Waals surface area (Å²) < 4.78 is 11.0. The first-order chi connectivity index (χ1) is 11.2. The Hall–Kier alpha value is -2.37. The van der Waals surface area contributed by atoms with Crippen LogP contribution in [0.3, 0.4) is 0 Å². The van der Waals surface area contributed by atoms with Gasteiger partial charge in [-0.3, -0.25) is 4.79 Å². The Bertz CT molecular complexity index is 686. The number of pyridine rings is 1. The van der Waals surface area contributed by atoms with Crippen molar-refractivity contribution in [1.82, 2.24) is 15.0 Å². The van der Waals surface area contributed by atoms with E-state index in [1.165, 1.54) is 0 Å². The third-order valence-electron chi connectivity index (χ3n) is 4.70. The van der Waals surface area contributed by atoms with E-state index in [2.05, 4.69) is 10.1 Å². The molecule has 2 bridgehead atoms. The van der Waals surface area contributed by atoms with Crippen molar-refractivity contribution in [2.45, 2.75) is 50.8 Å². The first-order valence-electron chi connectivity index (χ1n) is 8.04. The molecule has 2 unspecified atom stereocenters. The number of carbonyl (C=O) groups excluding carboxylic acids is 1. The van der Waals surface area contributed by atoms with Crippen molar-refractivity contribution in [2.24, 2.45) is 0 Å². The predicted molar refractivity (Wildman–Crippen MR) is 82.1 cm³/mol. The van der Waals surface area contributed by atoms with E-state index in [0.717, 1.165) is 25.7 Å². The summed E-state index contributed by atoms with van der Waals surface area (Å²) in [6.07, 6.45) is 5.58. The van der Waals surface area contributed by atoms with Gasteiger partial charge in [0.15, 0.2) is 5.69 Å². The smallest absolute Gasteiger partial charge is 0.276 e. The Morgan fingerprint density at radius 1 is 1.30 bits per heavy atom. The van der Waals surface area contributed by atoms with Gasteiger partial charge in [0.1, 0.15) is 11.9 Å². The molecule has 2 aliphatic rings. The number of carbonyl (C=O) groups is 1. The summed E-state index contributed by atoms with van der Waals surface area (Å²) in [6.45, 7) is 1.80. The van der Waals surface area contributed by atoms with E-state index in [0.29, 0.717) is 17.3 Å². The number of hydrogen-bond donors (Lipinski definition) is 0. The molecule has 0 saturated carbocycles. The Labute approximate surface area is 134 Å². The van der Waals surface area contributed by atoms with Gasteiger partial charge in [0.05, 0.1) is 0 Å². The van der Waals surface area contributed by atoms with Crippen LogP contribution in [0.25, 0.3) is 0 Å². The van der Waals surface area contributed by atoms with Gasteiger partial charge >= 0.3 is 0 Å². The van der Waals surface area contributed by atoms with Crippen LogP contribution in [0.5, 0.6) is 5.88 Å². The highest BCUT2D eigenvalue weighted by molar-refractivity contribution is 5.93. The summed E-state index contributed by atoms with van der Waals surface area (Å²) >= 11 is 0. The number of nitrogens with zero attached hydrogens (tertiary/aromatic N) is 3. The molecule has 0 radical (unpaired) electrons. The van der Waals surface area contributed by atoms with Crippen LogP contribution in [-0.4, -0.2) is 39.1 Å². The van der Waals surface area contributed by atoms with Gasteiger partial charge in [-0.2, -0.15) is 0 Å². The highest BCUT2D eigenvalue weighted by Crippen LogP contribution is 2.38. The fourth-order valence-electron chi connectivity index (χ4n) is 3.74. The second-order valence-electron chi connectivity index (χ2n) is 6.30. The van der Waals surface area contributed by atoms with Crippen molar-refractivity contribution in [3.8, 4) is 5.88 Å². The zero-order valence-electron chi connectivity index (χ0n) is 13.0. The normalized spacial score (nSPS) is 26.3. The molecular weight excluding hydrogens is 294 g/mol. The van der Waals surface area contributed by atoms with Crippen molar-refractivity contribution < 1.29 is 14.1 Å². The molecule has 0 aromatic carbocycles. The average Bonchev–Trinajstić information content (AvgIpc) is 3.10. The largest absolute Gasteiger partial charge is 0.474 e. The Balaban J connectivity index is 1.47. The van der Waals surface area contributed by atoms with Crippen LogP contribution in [0.15, 0.2) is 35.0 Å². The molecule has 1 amide bonds. The van der Waals surface area contributed by atoms with Gasteiger partial charge in [-0.1, -0.05) is 11.2 Å². The minimum Gasteiger partial charge on any atom is -0.474 e. The maximum absolute atomic E-state index is 12.7. The number of aromatic nitrogens is 2. The zero-order chi connectivity index (χ0) is 15.8. The van der Waals surface area contributed by atoms with Crippen LogP contribution in [0.1, 0.15) is 41.9 Å². The number of hydrogen-bond acceptors (Lipinski definition) is 5. The van der Waals surface area contributed by atoms with Gasteiger partial charge in [0, 0.05) is 43.3 Å². The molecule has 0 N–H and O–H groups in total. The lowest BCUT2D eigenvalue weighted by molar-refractivity contribution is 0.0340. The van der Waals surface area contributed by atoms with Crippen molar-refractivity contribution in [3.05, 3.63) is 41.9 Å². The van der Waals surface area contributed by atoms with E-state index in [4.69, 9.17) is 9.26 Å². The standard InChI is InChI=1S/C17H19N3O3/c1-11-8-15(19-23-11)17(21)20-12-5-6-13(20)10-14(9-12)22-16-4-2-3-7-18-16/h2-4,7-8,12-14H,5-6,9-10H2,1H3.